The molecular weight excluding hydrogens is 494 g/mol. The maximum Gasteiger partial charge on any atom is 0.231 e. The molecule has 3 heterocycles. The minimum atomic E-state index is 0.0733. The Labute approximate surface area is 225 Å². The fourth-order valence-electron chi connectivity index (χ4n) is 5.32. The molecule has 6 rings (SSSR count). The van der Waals surface area contributed by atoms with Crippen LogP contribution in [0.5, 0.6) is 17.2 Å². The Hall–Kier alpha value is -4.79. The van der Waals surface area contributed by atoms with Gasteiger partial charge in [-0.3, -0.25) is 4.79 Å². The van der Waals surface area contributed by atoms with Crippen molar-refractivity contribution < 1.29 is 19.0 Å². The molecule has 9 nitrogen and oxygen atoms in total. The largest absolute Gasteiger partial charge is 0.497 e. The number of benzene rings is 3. The molecule has 2 N–H and O–H groups in total. The van der Waals surface area contributed by atoms with Gasteiger partial charge in [0.05, 0.1) is 33.3 Å². The van der Waals surface area contributed by atoms with Crippen LogP contribution in [0.15, 0.2) is 54.9 Å². The summed E-state index contributed by atoms with van der Waals surface area (Å²) in [6.45, 7) is 2.66. The van der Waals surface area contributed by atoms with Crippen LogP contribution in [0.3, 0.4) is 0 Å². The predicted octanol–water partition coefficient (Wildman–Crippen LogP) is 5.32. The number of aromatic amines is 1. The van der Waals surface area contributed by atoms with Crippen molar-refractivity contribution in [1.29, 1.82) is 0 Å². The fraction of sp³-hybridized carbons (Fsp3) is 0.233. The summed E-state index contributed by atoms with van der Waals surface area (Å²) in [5.41, 5.74) is 6.69. The first-order chi connectivity index (χ1) is 19.0. The van der Waals surface area contributed by atoms with Crippen molar-refractivity contribution in [2.75, 3.05) is 38.1 Å². The van der Waals surface area contributed by atoms with Crippen molar-refractivity contribution in [2.45, 2.75) is 19.8 Å². The molecule has 0 saturated carbocycles. The van der Waals surface area contributed by atoms with Gasteiger partial charge in [0.25, 0.3) is 0 Å². The third-order valence-electron chi connectivity index (χ3n) is 7.33. The van der Waals surface area contributed by atoms with Gasteiger partial charge in [0.15, 0.2) is 11.5 Å². The third kappa shape index (κ3) is 4.35. The van der Waals surface area contributed by atoms with Crippen molar-refractivity contribution in [3.63, 3.8) is 0 Å². The van der Waals surface area contributed by atoms with E-state index in [0.29, 0.717) is 30.3 Å². The van der Waals surface area contributed by atoms with Crippen molar-refractivity contribution in [1.82, 2.24) is 15.0 Å². The molecule has 0 unspecified atom stereocenters. The Morgan fingerprint density at radius 3 is 2.59 bits per heavy atom. The van der Waals surface area contributed by atoms with E-state index in [9.17, 15) is 4.79 Å². The number of ether oxygens (including phenoxy) is 3. The number of anilines is 3. The number of methoxy groups -OCH3 is 3. The molecule has 0 bridgehead atoms. The smallest absolute Gasteiger partial charge is 0.231 e. The van der Waals surface area contributed by atoms with Crippen molar-refractivity contribution in [2.24, 2.45) is 0 Å². The van der Waals surface area contributed by atoms with Crippen LogP contribution in [0.2, 0.25) is 0 Å². The SMILES string of the molecule is COc1ccc2[nH]c(C)c(CC(=O)N3CCc4cc(Nc5ncnc6cc(OC)c(OC)cc56)ccc43)c2c1. The Kier molecular flexibility index (Phi) is 6.18. The number of H-pyrrole nitrogens is 1. The van der Waals surface area contributed by atoms with Gasteiger partial charge >= 0.3 is 0 Å². The number of hydrogen-bond donors (Lipinski definition) is 2. The first-order valence-electron chi connectivity index (χ1n) is 12.7. The topological polar surface area (TPSA) is 102 Å². The van der Waals surface area contributed by atoms with Crippen LogP contribution in [0.4, 0.5) is 17.2 Å². The van der Waals surface area contributed by atoms with Gasteiger partial charge in [0.2, 0.25) is 5.91 Å². The normalized spacial score (nSPS) is 12.6. The second-order valence-electron chi connectivity index (χ2n) is 9.53. The lowest BCUT2D eigenvalue weighted by Crippen LogP contribution is -2.30. The van der Waals surface area contributed by atoms with Crippen LogP contribution in [0.25, 0.3) is 21.8 Å². The average Bonchev–Trinajstić information content (AvgIpc) is 3.52. The molecule has 0 aliphatic carbocycles. The first-order valence-corrected chi connectivity index (χ1v) is 12.7. The van der Waals surface area contributed by atoms with Gasteiger partial charge in [0.1, 0.15) is 17.9 Å². The van der Waals surface area contributed by atoms with Gasteiger partial charge in [0, 0.05) is 46.0 Å². The molecule has 0 radical (unpaired) electrons. The predicted molar refractivity (Wildman–Crippen MR) is 152 cm³/mol. The number of carbonyl (C=O) groups is 1. The van der Waals surface area contributed by atoms with E-state index < -0.39 is 0 Å². The van der Waals surface area contributed by atoms with Gasteiger partial charge in [-0.2, -0.15) is 0 Å². The number of aryl methyl sites for hydroxylation is 1. The minimum Gasteiger partial charge on any atom is -0.497 e. The molecule has 9 heteroatoms. The van der Waals surface area contributed by atoms with Crippen LogP contribution < -0.4 is 24.4 Å². The molecule has 0 spiro atoms. The monoisotopic (exact) mass is 523 g/mol. The Balaban J connectivity index is 1.25. The molecule has 0 atom stereocenters. The molecule has 1 aliphatic heterocycles. The summed E-state index contributed by atoms with van der Waals surface area (Å²) in [6, 6.07) is 15.7. The summed E-state index contributed by atoms with van der Waals surface area (Å²) >= 11 is 0. The number of fused-ring (bicyclic) bond motifs is 3. The third-order valence-corrected chi connectivity index (χ3v) is 7.33. The summed E-state index contributed by atoms with van der Waals surface area (Å²) in [5.74, 6) is 2.73. The van der Waals surface area contributed by atoms with E-state index in [2.05, 4.69) is 26.3 Å². The summed E-state index contributed by atoms with van der Waals surface area (Å²) in [5, 5.41) is 5.25. The number of amides is 1. The lowest BCUT2D eigenvalue weighted by molar-refractivity contribution is -0.117. The number of aromatic nitrogens is 3. The molecule has 0 fully saturated rings. The second kappa shape index (κ2) is 9.83. The first kappa shape index (κ1) is 24.5. The van der Waals surface area contributed by atoms with Crippen LogP contribution in [-0.2, 0) is 17.6 Å². The standard InChI is InChI=1S/C30H29N5O4/c1-17-21(22-12-20(37-2)6-7-24(22)33-17)14-29(36)35-10-9-18-11-19(5-8-26(18)35)34-30-23-13-27(38-3)28(39-4)15-25(23)31-16-32-30/h5-8,11-13,15-16,33H,9-10,14H2,1-4H3,(H,31,32,34). The van der Waals surface area contributed by atoms with E-state index in [1.54, 1.807) is 21.3 Å². The highest BCUT2D eigenvalue weighted by Gasteiger charge is 2.26. The van der Waals surface area contributed by atoms with E-state index in [-0.39, 0.29) is 5.91 Å². The lowest BCUT2D eigenvalue weighted by atomic mass is 10.1. The van der Waals surface area contributed by atoms with E-state index in [4.69, 9.17) is 14.2 Å². The quantitative estimate of drug-likeness (QED) is 0.298. The van der Waals surface area contributed by atoms with Crippen molar-refractivity contribution in [3.8, 4) is 17.2 Å². The summed E-state index contributed by atoms with van der Waals surface area (Å²) in [4.78, 5) is 27.6. The van der Waals surface area contributed by atoms with Gasteiger partial charge in [-0.25, -0.2) is 9.97 Å². The zero-order valence-corrected chi connectivity index (χ0v) is 22.3. The maximum atomic E-state index is 13.5. The molecule has 5 aromatic rings. The van der Waals surface area contributed by atoms with Crippen LogP contribution in [0, 0.1) is 6.92 Å². The highest BCUT2D eigenvalue weighted by molar-refractivity contribution is 6.00. The molecule has 39 heavy (non-hydrogen) atoms. The summed E-state index contributed by atoms with van der Waals surface area (Å²) in [6.07, 6.45) is 2.62. The summed E-state index contributed by atoms with van der Waals surface area (Å²) in [7, 11) is 4.85. The van der Waals surface area contributed by atoms with Gasteiger partial charge in [-0.15, -0.1) is 0 Å². The second-order valence-corrected chi connectivity index (χ2v) is 9.53. The maximum absolute atomic E-state index is 13.5. The number of nitrogens with zero attached hydrogens (tertiary/aromatic N) is 3. The zero-order chi connectivity index (χ0) is 27.1. The molecule has 1 aliphatic rings. The fourth-order valence-corrected chi connectivity index (χ4v) is 5.32. The Morgan fingerprint density at radius 1 is 0.974 bits per heavy atom. The van der Waals surface area contributed by atoms with Crippen LogP contribution in [-0.4, -0.2) is 48.7 Å². The van der Waals surface area contributed by atoms with E-state index in [1.807, 2.05) is 54.3 Å². The molecule has 1 amide bonds. The number of nitrogens with one attached hydrogen (secondary N) is 2. The van der Waals surface area contributed by atoms with Gasteiger partial charge < -0.3 is 29.4 Å². The molecule has 3 aromatic carbocycles. The number of hydrogen-bond acceptors (Lipinski definition) is 7. The highest BCUT2D eigenvalue weighted by atomic mass is 16.5. The highest BCUT2D eigenvalue weighted by Crippen LogP contribution is 2.36. The molecular formula is C30H29N5O4. The molecule has 0 saturated heterocycles. The minimum absolute atomic E-state index is 0.0733. The van der Waals surface area contributed by atoms with E-state index in [0.717, 1.165) is 62.2 Å². The Bertz CT molecular complexity index is 1730. The van der Waals surface area contributed by atoms with Gasteiger partial charge in [-0.1, -0.05) is 0 Å². The molecule has 198 valence electrons. The van der Waals surface area contributed by atoms with E-state index >= 15 is 0 Å². The number of carbonyl (C=O) groups excluding carboxylic acids is 1. The van der Waals surface area contributed by atoms with Crippen molar-refractivity contribution >= 4 is 44.9 Å². The van der Waals surface area contributed by atoms with Crippen molar-refractivity contribution in [3.05, 3.63) is 71.7 Å². The number of rotatable bonds is 7. The average molecular weight is 524 g/mol. The zero-order valence-electron chi connectivity index (χ0n) is 22.3. The summed E-state index contributed by atoms with van der Waals surface area (Å²) < 4.78 is 16.3. The van der Waals surface area contributed by atoms with Crippen LogP contribution >= 0.6 is 0 Å². The Morgan fingerprint density at radius 2 is 1.79 bits per heavy atom. The van der Waals surface area contributed by atoms with E-state index in [1.165, 1.54) is 6.33 Å². The lowest BCUT2D eigenvalue weighted by Gasteiger charge is -2.18. The molecule has 2 aromatic heterocycles. The van der Waals surface area contributed by atoms with Gasteiger partial charge in [-0.05, 0) is 66.9 Å². The van der Waals surface area contributed by atoms with Crippen LogP contribution in [0.1, 0.15) is 16.8 Å².